The summed E-state index contributed by atoms with van der Waals surface area (Å²) in [5.41, 5.74) is 0. The van der Waals surface area contributed by atoms with E-state index in [0.29, 0.717) is 6.42 Å². The van der Waals surface area contributed by atoms with E-state index >= 15 is 0 Å². The number of esters is 1. The molecule has 10 unspecified atom stereocenters. The van der Waals surface area contributed by atoms with Gasteiger partial charge in [0.25, 0.3) is 0 Å². The van der Waals surface area contributed by atoms with Gasteiger partial charge >= 0.3 is 13.8 Å². The molecular weight excluding hydrogens is 1000 g/mol. The fourth-order valence-corrected chi connectivity index (χ4v) is 9.38. The quantitative estimate of drug-likeness (QED) is 0.0139. The largest absolute Gasteiger partial charge is 0.472 e. The number of ether oxygens (including phenoxy) is 7. The van der Waals surface area contributed by atoms with E-state index in [1.807, 2.05) is 0 Å². The van der Waals surface area contributed by atoms with Gasteiger partial charge in [-0.3, -0.25) is 13.8 Å². The number of phosphoric ester groups is 1. The number of carbonyl (C=O) groups is 1. The van der Waals surface area contributed by atoms with Crippen LogP contribution in [0.25, 0.3) is 0 Å². The van der Waals surface area contributed by atoms with Crippen LogP contribution >= 0.6 is 7.82 Å². The van der Waals surface area contributed by atoms with Crippen LogP contribution in [-0.4, -0.2) is 255 Å². The van der Waals surface area contributed by atoms with E-state index in [1.54, 1.807) is 0 Å². The first-order valence-corrected chi connectivity index (χ1v) is 26.2. The van der Waals surface area contributed by atoms with Crippen molar-refractivity contribution in [2.45, 2.75) is 219 Å². The smallest absolute Gasteiger partial charge is 0.463 e. The highest BCUT2D eigenvalue weighted by Gasteiger charge is 2.58. The molecule has 0 aromatic carbocycles. The maximum absolute atomic E-state index is 13.6. The third-order valence-corrected chi connectivity index (χ3v) is 13.8. The molecule has 23 atom stereocenters. The second kappa shape index (κ2) is 31.6. The fourth-order valence-electron chi connectivity index (χ4n) is 8.41. The summed E-state index contributed by atoms with van der Waals surface area (Å²) in [4.78, 5) is 23.4. The van der Waals surface area contributed by atoms with Crippen LogP contribution in [0, 0.1) is 0 Å². The van der Waals surface area contributed by atoms with Gasteiger partial charge in [0.2, 0.25) is 0 Å². The van der Waals surface area contributed by atoms with Crippen molar-refractivity contribution >= 4 is 13.8 Å². The molecule has 0 amide bonds. The van der Waals surface area contributed by atoms with Crippen molar-refractivity contribution in [3.63, 3.8) is 0 Å². The molecule has 1 saturated carbocycles. The molecule has 4 rings (SSSR count). The molecule has 4 aliphatic rings. The van der Waals surface area contributed by atoms with Crippen LogP contribution in [0.2, 0.25) is 0 Å². The van der Waals surface area contributed by atoms with Gasteiger partial charge < -0.3 is 115 Å². The van der Waals surface area contributed by atoms with Gasteiger partial charge in [-0.2, -0.15) is 0 Å². The first kappa shape index (κ1) is 63.8. The molecule has 0 aromatic rings. The highest BCUT2D eigenvalue weighted by molar-refractivity contribution is 7.47. The molecule has 1 aliphatic carbocycles. The predicted octanol–water partition coefficient (Wildman–Crippen LogP) is -4.50. The lowest BCUT2D eigenvalue weighted by molar-refractivity contribution is -0.364. The van der Waals surface area contributed by atoms with Crippen molar-refractivity contribution in [2.75, 3.05) is 33.0 Å². The summed E-state index contributed by atoms with van der Waals surface area (Å²) in [6.45, 7) is -2.25. The number of allylic oxidation sites excluding steroid dienone is 4. The average molecular weight is 1080 g/mol. The lowest BCUT2D eigenvalue weighted by Gasteiger charge is -2.49. The van der Waals surface area contributed by atoms with Crippen LogP contribution in [0.15, 0.2) is 24.3 Å². The van der Waals surface area contributed by atoms with Gasteiger partial charge in [0.1, 0.15) is 123 Å². The summed E-state index contributed by atoms with van der Waals surface area (Å²) in [5.74, 6) is -0.669. The lowest BCUT2D eigenvalue weighted by Crippen LogP contribution is -2.69. The minimum Gasteiger partial charge on any atom is -0.463 e. The number of unbranched alkanes of at least 4 members (excludes halogenated alkanes) is 8. The molecule has 4 fully saturated rings. The summed E-state index contributed by atoms with van der Waals surface area (Å²) in [6.07, 6.45) is -25.9. The number of aliphatic hydroxyl groups is 15. The predicted molar refractivity (Wildman–Crippen MR) is 245 cm³/mol. The van der Waals surface area contributed by atoms with E-state index in [2.05, 4.69) is 31.2 Å². The van der Waals surface area contributed by atoms with E-state index in [0.717, 1.165) is 44.9 Å². The average Bonchev–Trinajstić information content (AvgIpc) is 3.37. The molecule has 0 spiro atoms. The van der Waals surface area contributed by atoms with Gasteiger partial charge in [0.05, 0.1) is 26.4 Å². The summed E-state index contributed by atoms with van der Waals surface area (Å²) >= 11 is 0. The van der Waals surface area contributed by atoms with Crippen molar-refractivity contribution in [1.29, 1.82) is 0 Å². The van der Waals surface area contributed by atoms with Gasteiger partial charge in [-0.1, -0.05) is 63.3 Å². The number of rotatable bonds is 30. The Morgan fingerprint density at radius 2 is 1.00 bits per heavy atom. The van der Waals surface area contributed by atoms with E-state index in [1.165, 1.54) is 19.3 Å². The molecule has 3 aliphatic heterocycles. The monoisotopic (exact) mass is 1080 g/mol. The van der Waals surface area contributed by atoms with Gasteiger partial charge in [0.15, 0.2) is 18.9 Å². The molecule has 27 nitrogen and oxygen atoms in total. The zero-order valence-electron chi connectivity index (χ0n) is 40.6. The number of aliphatic hydroxyl groups excluding tert-OH is 15. The van der Waals surface area contributed by atoms with Crippen molar-refractivity contribution in [3.8, 4) is 0 Å². The topological polar surface area (TPSA) is 441 Å². The number of hydrogen-bond donors (Lipinski definition) is 16. The standard InChI is InChI=1S/C45H79O27P/c1-2-3-4-5-6-7-8-9-10-11-12-13-14-15-16-17-27(49)64-20-23(48)21-66-73(62,63)72-42-40(70-44-38(60)32(54)29(51)25(19-47)68-44)35(57)34(56)36(58)41(42)71-45-39(61)33(55)30(52)26(69-45)22-65-43-37(59)31(53)28(50)24(18-46)67-43/h6-7,9-10,23-26,28-48,50-61H,2-5,8,11-22H2,1H3,(H,62,63)/b7-6-,10-9-/t23-,24?,25?,26?,28+,29-,30+,31?,32?,33?,34+,35?,36?,37+,38-,39+,40-,41?,42+,43-,44-,45+/m1/s1. The Labute approximate surface area is 422 Å². The first-order chi connectivity index (χ1) is 34.7. The van der Waals surface area contributed by atoms with Gasteiger partial charge in [-0.25, -0.2) is 4.57 Å². The fraction of sp³-hybridized carbons (Fsp3) is 0.889. The minimum absolute atomic E-state index is 0.0243. The maximum Gasteiger partial charge on any atom is 0.472 e. The zero-order chi connectivity index (χ0) is 54.0. The van der Waals surface area contributed by atoms with Crippen molar-refractivity contribution < 1.29 is 133 Å². The Morgan fingerprint density at radius 3 is 1.53 bits per heavy atom. The normalized spacial score (nSPS) is 39.7. The van der Waals surface area contributed by atoms with Crippen LogP contribution in [0.1, 0.15) is 84.0 Å². The molecule has 3 heterocycles. The highest BCUT2D eigenvalue weighted by atomic mass is 31.2. The van der Waals surface area contributed by atoms with Crippen LogP contribution in [0.3, 0.4) is 0 Å². The maximum atomic E-state index is 13.6. The van der Waals surface area contributed by atoms with Crippen LogP contribution in [-0.2, 0) is 51.6 Å². The Balaban J connectivity index is 1.39. The molecule has 73 heavy (non-hydrogen) atoms. The summed E-state index contributed by atoms with van der Waals surface area (Å²) in [7, 11) is -5.63. The van der Waals surface area contributed by atoms with Gasteiger partial charge in [-0.15, -0.1) is 0 Å². The van der Waals surface area contributed by atoms with E-state index < -0.39 is 182 Å². The number of carbonyl (C=O) groups excluding carboxylic acids is 1. The number of hydrogen-bond acceptors (Lipinski definition) is 26. The molecule has 0 aromatic heterocycles. The molecule has 3 saturated heterocycles. The van der Waals surface area contributed by atoms with Crippen molar-refractivity contribution in [2.24, 2.45) is 0 Å². The Kier molecular flexibility index (Phi) is 27.6. The summed E-state index contributed by atoms with van der Waals surface area (Å²) < 4.78 is 61.9. The molecule has 28 heteroatoms. The van der Waals surface area contributed by atoms with Crippen LogP contribution in [0.5, 0.6) is 0 Å². The lowest BCUT2D eigenvalue weighted by atomic mass is 9.84. The molecular formula is C45H79O27P. The third kappa shape index (κ3) is 18.7. The number of phosphoric acid groups is 1. The molecule has 0 bridgehead atoms. The van der Waals surface area contributed by atoms with Gasteiger partial charge in [-0.05, 0) is 38.5 Å². The zero-order valence-corrected chi connectivity index (χ0v) is 41.5. The first-order valence-electron chi connectivity index (χ1n) is 24.7. The molecule has 16 N–H and O–H groups in total. The second-order valence-electron chi connectivity index (χ2n) is 18.6. The Morgan fingerprint density at radius 1 is 0.548 bits per heavy atom. The van der Waals surface area contributed by atoms with Crippen LogP contribution in [0.4, 0.5) is 0 Å². The molecule has 426 valence electrons. The van der Waals surface area contributed by atoms with Gasteiger partial charge in [0, 0.05) is 6.42 Å². The summed E-state index contributed by atoms with van der Waals surface area (Å²) in [6, 6.07) is 0. The minimum atomic E-state index is -5.63. The third-order valence-electron chi connectivity index (χ3n) is 12.8. The molecule has 0 radical (unpaired) electrons. The summed E-state index contributed by atoms with van der Waals surface area (Å²) in [5, 5.41) is 158. The Hall–Kier alpha value is -1.78. The SMILES string of the molecule is CCCCC/C=C\C/C=C\CCCCCCCC(=O)OC[C@@H](O)COP(=O)(O)O[C@@H]1C(O[C@@H]2OC(CO[C@@H]3OC(CO)[C@H](O)C(O)[C@@H]3O)[C@H](O)C(O)[C@@H]2O)C(O)[C@@H](O)C(O)[C@H]1O[C@H]1OC(CO)[C@@H](O)C(O)[C@H]1O. The van der Waals surface area contributed by atoms with E-state index in [-0.39, 0.29) is 6.42 Å². The van der Waals surface area contributed by atoms with Crippen molar-refractivity contribution in [1.82, 2.24) is 0 Å². The van der Waals surface area contributed by atoms with E-state index in [9.17, 15) is 90.9 Å². The Bertz CT molecular complexity index is 1680. The second-order valence-corrected chi connectivity index (χ2v) is 20.0. The van der Waals surface area contributed by atoms with E-state index in [4.69, 9.17) is 42.2 Å². The van der Waals surface area contributed by atoms with Crippen molar-refractivity contribution in [3.05, 3.63) is 24.3 Å². The van der Waals surface area contributed by atoms with Crippen LogP contribution < -0.4 is 0 Å². The highest BCUT2D eigenvalue weighted by Crippen LogP contribution is 2.48.